The molecular weight excluding hydrogens is 301 g/mol. The Balaban J connectivity index is 1.83. The average molecular weight is 316 g/mol. The molecule has 0 amide bonds. The Morgan fingerprint density at radius 3 is 2.77 bits per heavy atom. The Hall–Kier alpha value is -2.07. The molecule has 1 fully saturated rings. The highest BCUT2D eigenvalue weighted by Gasteiger charge is 2.22. The minimum absolute atomic E-state index is 0.121. The molecule has 0 radical (unpaired) electrons. The molecular formula is C17H15ClFN3. The van der Waals surface area contributed by atoms with E-state index in [-0.39, 0.29) is 5.02 Å². The first kappa shape index (κ1) is 13.6. The van der Waals surface area contributed by atoms with Gasteiger partial charge in [-0.15, -0.1) is 0 Å². The van der Waals surface area contributed by atoms with E-state index < -0.39 is 5.82 Å². The van der Waals surface area contributed by atoms with Gasteiger partial charge in [0.15, 0.2) is 11.6 Å². The minimum atomic E-state index is -0.454. The molecule has 3 nitrogen and oxygen atoms in total. The highest BCUT2D eigenvalue weighted by Crippen LogP contribution is 2.37. The molecule has 0 spiro atoms. The second-order valence-corrected chi connectivity index (χ2v) is 6.12. The number of nitrogens with one attached hydrogen (secondary N) is 2. The Kier molecular flexibility index (Phi) is 3.26. The predicted molar refractivity (Wildman–Crippen MR) is 87.7 cm³/mol. The molecule has 1 aromatic heterocycles. The van der Waals surface area contributed by atoms with Gasteiger partial charge in [-0.1, -0.05) is 41.9 Å². The fraction of sp³-hybridized carbons (Fsp3) is 0.235. The molecule has 4 rings (SSSR count). The van der Waals surface area contributed by atoms with Crippen LogP contribution in [0.1, 0.15) is 12.8 Å². The van der Waals surface area contributed by atoms with Gasteiger partial charge in [0, 0.05) is 17.5 Å². The van der Waals surface area contributed by atoms with E-state index in [1.807, 2.05) is 36.4 Å². The maximum Gasteiger partial charge on any atom is 0.168 e. The number of hydrogen-bond acceptors (Lipinski definition) is 2. The van der Waals surface area contributed by atoms with Gasteiger partial charge in [0.05, 0.1) is 5.02 Å². The maximum atomic E-state index is 14.5. The molecule has 1 heterocycles. The summed E-state index contributed by atoms with van der Waals surface area (Å²) in [5, 5.41) is 11.1. The highest BCUT2D eigenvalue weighted by atomic mass is 35.5. The molecule has 22 heavy (non-hydrogen) atoms. The van der Waals surface area contributed by atoms with Crippen molar-refractivity contribution in [2.24, 2.45) is 5.92 Å². The van der Waals surface area contributed by atoms with Crippen molar-refractivity contribution in [3.8, 4) is 11.1 Å². The lowest BCUT2D eigenvalue weighted by Gasteiger charge is -2.08. The second-order valence-electron chi connectivity index (χ2n) is 5.74. The molecule has 0 atom stereocenters. The van der Waals surface area contributed by atoms with Crippen molar-refractivity contribution in [2.45, 2.75) is 12.8 Å². The summed E-state index contributed by atoms with van der Waals surface area (Å²) >= 11 is 6.21. The smallest absolute Gasteiger partial charge is 0.168 e. The summed E-state index contributed by atoms with van der Waals surface area (Å²) in [6.45, 7) is 0.880. The van der Waals surface area contributed by atoms with Gasteiger partial charge in [0.2, 0.25) is 0 Å². The monoisotopic (exact) mass is 315 g/mol. The quantitative estimate of drug-likeness (QED) is 0.723. The minimum Gasteiger partial charge on any atom is -0.368 e. The van der Waals surface area contributed by atoms with Crippen molar-refractivity contribution in [3.63, 3.8) is 0 Å². The molecule has 5 heteroatoms. The molecule has 1 saturated carbocycles. The predicted octanol–water partition coefficient (Wildman–Crippen LogP) is 4.84. The van der Waals surface area contributed by atoms with E-state index in [2.05, 4.69) is 15.5 Å². The van der Waals surface area contributed by atoms with Crippen molar-refractivity contribution >= 4 is 28.3 Å². The van der Waals surface area contributed by atoms with Crippen molar-refractivity contribution in [3.05, 3.63) is 47.2 Å². The lowest BCUT2D eigenvalue weighted by atomic mass is 10.0. The molecule has 1 aliphatic carbocycles. The third-order valence-corrected chi connectivity index (χ3v) is 4.45. The van der Waals surface area contributed by atoms with Gasteiger partial charge in [0.25, 0.3) is 0 Å². The SMILES string of the molecule is Fc1c(Cl)c(-c2ccccc2)cc2c(NCC3CC3)n[nH]c12. The summed E-state index contributed by atoms with van der Waals surface area (Å²) in [6, 6.07) is 11.5. The first-order valence-corrected chi connectivity index (χ1v) is 7.77. The Bertz CT molecular complexity index is 825. The van der Waals surface area contributed by atoms with Crippen LogP contribution in [0, 0.1) is 11.7 Å². The van der Waals surface area contributed by atoms with E-state index >= 15 is 0 Å². The Morgan fingerprint density at radius 1 is 1.27 bits per heavy atom. The van der Waals surface area contributed by atoms with Crippen molar-refractivity contribution in [1.82, 2.24) is 10.2 Å². The molecule has 112 valence electrons. The summed E-state index contributed by atoms with van der Waals surface area (Å²) in [5.74, 6) is 0.956. The fourth-order valence-corrected chi connectivity index (χ4v) is 2.88. The summed E-state index contributed by atoms with van der Waals surface area (Å²) in [7, 11) is 0. The normalized spacial score (nSPS) is 14.5. The van der Waals surface area contributed by atoms with Crippen molar-refractivity contribution in [1.29, 1.82) is 0 Å². The van der Waals surface area contributed by atoms with Crippen LogP contribution in [-0.4, -0.2) is 16.7 Å². The maximum absolute atomic E-state index is 14.5. The average Bonchev–Trinajstić information content (AvgIpc) is 3.29. The van der Waals surface area contributed by atoms with Gasteiger partial charge in [-0.25, -0.2) is 4.39 Å². The Labute approximate surface area is 132 Å². The van der Waals surface area contributed by atoms with Gasteiger partial charge in [-0.2, -0.15) is 5.10 Å². The van der Waals surface area contributed by atoms with E-state index in [9.17, 15) is 4.39 Å². The van der Waals surface area contributed by atoms with Crippen LogP contribution in [0.3, 0.4) is 0 Å². The van der Waals surface area contributed by atoms with Crippen molar-refractivity contribution in [2.75, 3.05) is 11.9 Å². The van der Waals surface area contributed by atoms with E-state index in [0.717, 1.165) is 23.4 Å². The number of H-pyrrole nitrogens is 1. The van der Waals surface area contributed by atoms with E-state index in [1.54, 1.807) is 0 Å². The molecule has 2 aromatic carbocycles. The number of aromatic amines is 1. The van der Waals surface area contributed by atoms with Gasteiger partial charge >= 0.3 is 0 Å². The zero-order valence-electron chi connectivity index (χ0n) is 11.9. The lowest BCUT2D eigenvalue weighted by molar-refractivity contribution is 0.637. The van der Waals surface area contributed by atoms with Crippen LogP contribution in [0.25, 0.3) is 22.0 Å². The molecule has 0 aliphatic heterocycles. The third-order valence-electron chi connectivity index (χ3n) is 4.08. The van der Waals surface area contributed by atoms with Gasteiger partial charge in [0.1, 0.15) is 5.52 Å². The van der Waals surface area contributed by atoms with E-state index in [1.165, 1.54) is 12.8 Å². The summed E-state index contributed by atoms with van der Waals surface area (Å²) in [4.78, 5) is 0. The number of benzene rings is 2. The number of halogens is 2. The third kappa shape index (κ3) is 2.33. The largest absolute Gasteiger partial charge is 0.368 e. The van der Waals surface area contributed by atoms with Crippen LogP contribution in [0.15, 0.2) is 36.4 Å². The van der Waals surface area contributed by atoms with E-state index in [0.29, 0.717) is 16.9 Å². The standard InChI is InChI=1S/C17H15ClFN3/c18-14-12(11-4-2-1-3-5-11)8-13-16(15(14)19)21-22-17(13)20-9-10-6-7-10/h1-5,8,10H,6-7,9H2,(H2,20,21,22). The number of nitrogens with zero attached hydrogens (tertiary/aromatic N) is 1. The van der Waals surface area contributed by atoms with Crippen LogP contribution in [0.5, 0.6) is 0 Å². The topological polar surface area (TPSA) is 40.7 Å². The summed E-state index contributed by atoms with van der Waals surface area (Å²) < 4.78 is 14.5. The first-order valence-electron chi connectivity index (χ1n) is 7.39. The zero-order valence-corrected chi connectivity index (χ0v) is 12.6. The second kappa shape index (κ2) is 5.29. The number of aromatic nitrogens is 2. The molecule has 0 unspecified atom stereocenters. The first-order chi connectivity index (χ1) is 10.7. The van der Waals surface area contributed by atoms with Gasteiger partial charge in [-0.05, 0) is 30.4 Å². The van der Waals surface area contributed by atoms with Gasteiger partial charge < -0.3 is 5.32 Å². The molecule has 3 aromatic rings. The fourth-order valence-electron chi connectivity index (χ4n) is 2.62. The van der Waals surface area contributed by atoms with Crippen LogP contribution in [0.2, 0.25) is 5.02 Å². The number of fused-ring (bicyclic) bond motifs is 1. The summed E-state index contributed by atoms with van der Waals surface area (Å²) in [5.41, 5.74) is 1.92. The summed E-state index contributed by atoms with van der Waals surface area (Å²) in [6.07, 6.45) is 2.51. The van der Waals surface area contributed by atoms with Gasteiger partial charge in [-0.3, -0.25) is 5.10 Å². The number of anilines is 1. The van der Waals surface area contributed by atoms with Crippen LogP contribution < -0.4 is 5.32 Å². The molecule has 0 saturated heterocycles. The zero-order chi connectivity index (χ0) is 15.1. The van der Waals surface area contributed by atoms with Crippen LogP contribution >= 0.6 is 11.6 Å². The lowest BCUT2D eigenvalue weighted by Crippen LogP contribution is -2.03. The molecule has 2 N–H and O–H groups in total. The highest BCUT2D eigenvalue weighted by molar-refractivity contribution is 6.34. The molecule has 0 bridgehead atoms. The Morgan fingerprint density at radius 2 is 2.05 bits per heavy atom. The molecule has 1 aliphatic rings. The van der Waals surface area contributed by atoms with E-state index in [4.69, 9.17) is 11.6 Å². The van der Waals surface area contributed by atoms with Crippen LogP contribution in [-0.2, 0) is 0 Å². The van der Waals surface area contributed by atoms with Crippen LogP contribution in [0.4, 0.5) is 10.2 Å². The van der Waals surface area contributed by atoms with Crippen molar-refractivity contribution < 1.29 is 4.39 Å². The number of hydrogen-bond donors (Lipinski definition) is 2. The number of rotatable bonds is 4.